The number of hydrogen-bond donors (Lipinski definition) is 2. The highest BCUT2D eigenvalue weighted by atomic mass is 79.9. The van der Waals surface area contributed by atoms with Crippen LogP contribution in [-0.4, -0.2) is 36.1 Å². The van der Waals surface area contributed by atoms with Crippen molar-refractivity contribution in [2.45, 2.75) is 37.3 Å². The fourth-order valence-corrected chi connectivity index (χ4v) is 4.07. The van der Waals surface area contributed by atoms with Crippen LogP contribution in [0.2, 0.25) is 0 Å². The van der Waals surface area contributed by atoms with Crippen molar-refractivity contribution in [3.63, 3.8) is 0 Å². The molecule has 0 bridgehead atoms. The zero-order valence-corrected chi connectivity index (χ0v) is 13.1. The van der Waals surface area contributed by atoms with Gasteiger partial charge in [-0.15, -0.1) is 0 Å². The fraction of sp³-hybridized carbons (Fsp3) is 0.600. The van der Waals surface area contributed by atoms with E-state index >= 15 is 0 Å². The number of halogens is 2. The van der Waals surface area contributed by atoms with E-state index in [-0.39, 0.29) is 11.4 Å². The van der Waals surface area contributed by atoms with Crippen molar-refractivity contribution < 1.29 is 4.39 Å². The largest absolute Gasteiger partial charge is 0.377 e. The Balaban J connectivity index is 1.84. The van der Waals surface area contributed by atoms with Crippen LogP contribution in [0.5, 0.6) is 0 Å². The lowest BCUT2D eigenvalue weighted by atomic mass is 9.85. The Labute approximate surface area is 127 Å². The molecular weight excluding hydrogens is 321 g/mol. The van der Waals surface area contributed by atoms with E-state index in [1.807, 2.05) is 0 Å². The van der Waals surface area contributed by atoms with Crippen molar-refractivity contribution in [2.24, 2.45) is 5.73 Å². The van der Waals surface area contributed by atoms with Crippen molar-refractivity contribution in [3.05, 3.63) is 28.5 Å². The first-order chi connectivity index (χ1) is 9.64. The minimum atomic E-state index is -0.233. The number of anilines is 1. The molecule has 5 heteroatoms. The average molecular weight is 342 g/mol. The summed E-state index contributed by atoms with van der Waals surface area (Å²) in [6, 6.07) is 5.59. The van der Waals surface area contributed by atoms with Crippen molar-refractivity contribution in [3.8, 4) is 0 Å². The third-order valence-electron chi connectivity index (χ3n) is 4.77. The molecular formula is C15H21BrFN3. The standard InChI is InChI=1S/C15H21BrFN3/c16-12-9-11(4-5-13(12)17)19-15(10-18)6-8-20-7-2-1-3-14(15)20/h4-5,9,14,19H,1-3,6-8,10,18H2. The number of nitrogens with two attached hydrogens (primary N) is 1. The SMILES string of the molecule is NCC1(Nc2ccc(F)c(Br)c2)CCN2CCCCC21. The molecule has 2 unspecified atom stereocenters. The lowest BCUT2D eigenvalue weighted by molar-refractivity contribution is 0.167. The molecule has 2 aliphatic rings. The van der Waals surface area contributed by atoms with Crippen LogP contribution in [0.4, 0.5) is 10.1 Å². The van der Waals surface area contributed by atoms with Gasteiger partial charge in [-0.25, -0.2) is 4.39 Å². The summed E-state index contributed by atoms with van der Waals surface area (Å²) in [6.07, 6.45) is 4.83. The molecule has 0 spiro atoms. The van der Waals surface area contributed by atoms with Crippen LogP contribution in [0.25, 0.3) is 0 Å². The van der Waals surface area contributed by atoms with E-state index in [1.165, 1.54) is 31.9 Å². The van der Waals surface area contributed by atoms with Crippen LogP contribution in [-0.2, 0) is 0 Å². The van der Waals surface area contributed by atoms with Gasteiger partial charge in [0.25, 0.3) is 0 Å². The van der Waals surface area contributed by atoms with Gasteiger partial charge in [0.05, 0.1) is 10.0 Å². The molecule has 0 aromatic heterocycles. The van der Waals surface area contributed by atoms with E-state index in [4.69, 9.17) is 5.73 Å². The molecule has 110 valence electrons. The van der Waals surface area contributed by atoms with Gasteiger partial charge in [-0.3, -0.25) is 4.90 Å². The molecule has 0 radical (unpaired) electrons. The first-order valence-corrected chi connectivity index (χ1v) is 8.11. The van der Waals surface area contributed by atoms with Gasteiger partial charge in [0, 0.05) is 24.8 Å². The van der Waals surface area contributed by atoms with Crippen molar-refractivity contribution in [2.75, 3.05) is 25.0 Å². The summed E-state index contributed by atoms with van der Waals surface area (Å²) in [6.45, 7) is 2.90. The molecule has 1 aromatic rings. The molecule has 3 nitrogen and oxygen atoms in total. The first-order valence-electron chi connectivity index (χ1n) is 7.32. The summed E-state index contributed by atoms with van der Waals surface area (Å²) in [7, 11) is 0. The Morgan fingerprint density at radius 2 is 2.25 bits per heavy atom. The number of rotatable bonds is 3. The van der Waals surface area contributed by atoms with Crippen molar-refractivity contribution in [1.82, 2.24) is 4.90 Å². The molecule has 2 atom stereocenters. The molecule has 0 aliphatic carbocycles. The molecule has 0 saturated carbocycles. The minimum Gasteiger partial charge on any atom is -0.377 e. The van der Waals surface area contributed by atoms with Gasteiger partial charge in [-0.2, -0.15) is 0 Å². The monoisotopic (exact) mass is 341 g/mol. The number of piperidine rings is 1. The Kier molecular flexibility index (Phi) is 4.02. The Morgan fingerprint density at radius 3 is 3.00 bits per heavy atom. The van der Waals surface area contributed by atoms with Gasteiger partial charge >= 0.3 is 0 Å². The molecule has 2 saturated heterocycles. The second-order valence-corrected chi connectivity index (χ2v) is 6.77. The molecule has 2 aliphatic heterocycles. The highest BCUT2D eigenvalue weighted by molar-refractivity contribution is 9.10. The zero-order chi connectivity index (χ0) is 14.2. The summed E-state index contributed by atoms with van der Waals surface area (Å²) in [5.41, 5.74) is 6.99. The summed E-state index contributed by atoms with van der Waals surface area (Å²) in [4.78, 5) is 2.56. The number of nitrogens with zero attached hydrogens (tertiary/aromatic N) is 1. The second kappa shape index (κ2) is 5.62. The number of fused-ring (bicyclic) bond motifs is 1. The van der Waals surface area contributed by atoms with Gasteiger partial charge in [0.1, 0.15) is 5.82 Å². The normalized spacial score (nSPS) is 30.2. The number of benzene rings is 1. The third-order valence-corrected chi connectivity index (χ3v) is 5.38. The van der Waals surface area contributed by atoms with E-state index < -0.39 is 0 Å². The van der Waals surface area contributed by atoms with Gasteiger partial charge in [0.15, 0.2) is 0 Å². The van der Waals surface area contributed by atoms with Crippen LogP contribution < -0.4 is 11.1 Å². The Bertz CT molecular complexity index is 496. The van der Waals surface area contributed by atoms with Crippen molar-refractivity contribution in [1.29, 1.82) is 0 Å². The van der Waals surface area contributed by atoms with Gasteiger partial charge in [-0.1, -0.05) is 6.42 Å². The Morgan fingerprint density at radius 1 is 1.40 bits per heavy atom. The van der Waals surface area contributed by atoms with E-state index in [9.17, 15) is 4.39 Å². The predicted octanol–water partition coefficient (Wildman–Crippen LogP) is 2.96. The molecule has 20 heavy (non-hydrogen) atoms. The Hall–Kier alpha value is -0.650. The maximum Gasteiger partial charge on any atom is 0.137 e. The molecule has 3 rings (SSSR count). The van der Waals surface area contributed by atoms with Crippen LogP contribution in [0.3, 0.4) is 0 Å². The van der Waals surface area contributed by atoms with E-state index in [0.717, 1.165) is 18.7 Å². The first kappa shape index (κ1) is 14.3. The van der Waals surface area contributed by atoms with Crippen LogP contribution >= 0.6 is 15.9 Å². The summed E-state index contributed by atoms with van der Waals surface area (Å²) in [5.74, 6) is -0.233. The van der Waals surface area contributed by atoms with Crippen molar-refractivity contribution >= 4 is 21.6 Å². The minimum absolute atomic E-state index is 0.0717. The fourth-order valence-electron chi connectivity index (χ4n) is 3.69. The van der Waals surface area contributed by atoms with Crippen LogP contribution in [0.15, 0.2) is 22.7 Å². The molecule has 2 heterocycles. The second-order valence-electron chi connectivity index (χ2n) is 5.91. The summed E-state index contributed by atoms with van der Waals surface area (Å²) < 4.78 is 13.8. The quantitative estimate of drug-likeness (QED) is 0.887. The topological polar surface area (TPSA) is 41.3 Å². The van der Waals surface area contributed by atoms with Gasteiger partial charge in [0.2, 0.25) is 0 Å². The van der Waals surface area contributed by atoms with Gasteiger partial charge in [-0.05, 0) is 59.9 Å². The van der Waals surface area contributed by atoms with E-state index in [0.29, 0.717) is 17.1 Å². The highest BCUT2D eigenvalue weighted by Crippen LogP contribution is 2.37. The number of hydrogen-bond acceptors (Lipinski definition) is 3. The van der Waals surface area contributed by atoms with E-state index in [2.05, 4.69) is 26.1 Å². The summed E-state index contributed by atoms with van der Waals surface area (Å²) in [5, 5.41) is 3.61. The molecule has 1 aromatic carbocycles. The third kappa shape index (κ3) is 2.47. The highest BCUT2D eigenvalue weighted by Gasteiger charge is 2.47. The van der Waals surface area contributed by atoms with E-state index in [1.54, 1.807) is 12.1 Å². The predicted molar refractivity (Wildman–Crippen MR) is 83.3 cm³/mol. The summed E-state index contributed by atoms with van der Waals surface area (Å²) >= 11 is 3.25. The van der Waals surface area contributed by atoms with Crippen LogP contribution in [0, 0.1) is 5.82 Å². The zero-order valence-electron chi connectivity index (χ0n) is 11.5. The smallest absolute Gasteiger partial charge is 0.137 e. The maximum atomic E-state index is 13.4. The molecule has 3 N–H and O–H groups in total. The maximum absolute atomic E-state index is 13.4. The molecule has 0 amide bonds. The lowest BCUT2D eigenvalue weighted by Gasteiger charge is -2.41. The van der Waals surface area contributed by atoms with Crippen LogP contribution in [0.1, 0.15) is 25.7 Å². The number of nitrogens with one attached hydrogen (secondary N) is 1. The lowest BCUT2D eigenvalue weighted by Crippen LogP contribution is -2.56. The van der Waals surface area contributed by atoms with Gasteiger partial charge < -0.3 is 11.1 Å². The molecule has 2 fully saturated rings. The average Bonchev–Trinajstić information content (AvgIpc) is 2.83.